The monoisotopic (exact) mass is 343 g/mol. The molecule has 118 valence electrons. The van der Waals surface area contributed by atoms with Crippen LogP contribution in [0.5, 0.6) is 5.75 Å². The van der Waals surface area contributed by atoms with Gasteiger partial charge in [0.2, 0.25) is 0 Å². The summed E-state index contributed by atoms with van der Waals surface area (Å²) in [6.07, 6.45) is 0. The quantitative estimate of drug-likeness (QED) is 0.628. The summed E-state index contributed by atoms with van der Waals surface area (Å²) in [7, 11) is 0. The molecule has 1 atom stereocenters. The van der Waals surface area contributed by atoms with E-state index in [0.717, 1.165) is 12.3 Å². The number of ether oxygens (including phenoxy) is 1. The predicted molar refractivity (Wildman–Crippen MR) is 99.3 cm³/mol. The molecule has 0 radical (unpaired) electrons. The summed E-state index contributed by atoms with van der Waals surface area (Å²) in [5.41, 5.74) is 5.03. The van der Waals surface area contributed by atoms with Crippen LogP contribution in [0, 0.1) is 6.92 Å². The van der Waals surface area contributed by atoms with Gasteiger partial charge in [0.15, 0.2) is 0 Å². The van der Waals surface area contributed by atoms with E-state index in [1.807, 2.05) is 18.2 Å². The van der Waals surface area contributed by atoms with Gasteiger partial charge >= 0.3 is 0 Å². The van der Waals surface area contributed by atoms with Crippen molar-refractivity contribution in [1.82, 2.24) is 0 Å². The maximum absolute atomic E-state index is 6.17. The second kappa shape index (κ2) is 6.06. The van der Waals surface area contributed by atoms with E-state index in [2.05, 4.69) is 35.8 Å². The van der Waals surface area contributed by atoms with Gasteiger partial charge in [-0.1, -0.05) is 30.3 Å². The van der Waals surface area contributed by atoms with Crippen LogP contribution in [0.3, 0.4) is 0 Å². The minimum absolute atomic E-state index is 0.380. The van der Waals surface area contributed by atoms with Crippen molar-refractivity contribution in [3.63, 3.8) is 0 Å². The lowest BCUT2D eigenvalue weighted by molar-refractivity contribution is 0.310. The highest BCUT2D eigenvalue weighted by atomic mass is 35.5. The Morgan fingerprint density at radius 3 is 2.91 bits per heavy atom. The Morgan fingerprint density at radius 2 is 2.13 bits per heavy atom. The van der Waals surface area contributed by atoms with Crippen molar-refractivity contribution < 1.29 is 4.74 Å². The van der Waals surface area contributed by atoms with Crippen molar-refractivity contribution in [2.75, 3.05) is 17.7 Å². The first-order chi connectivity index (χ1) is 11.3. The number of fused-ring (bicyclic) bond motifs is 3. The molecule has 0 saturated heterocycles. The van der Waals surface area contributed by atoms with Gasteiger partial charge in [-0.05, 0) is 29.0 Å². The summed E-state index contributed by atoms with van der Waals surface area (Å²) >= 11 is 7.93. The Morgan fingerprint density at radius 1 is 1.30 bits per heavy atom. The summed E-state index contributed by atoms with van der Waals surface area (Å²) < 4.78 is 7.38. The standard InChI is InChI=1S/C19H18ClNOS/c1-12-11-23-19-16(22-10-13-5-3-2-4-6-13)7-15-18(17(12)19)14(8-20)9-21-15/h2-7,11,14,21H,8-10H2,1H3. The number of aryl methyl sites for hydroxylation is 1. The second-order valence-electron chi connectivity index (χ2n) is 5.97. The summed E-state index contributed by atoms with van der Waals surface area (Å²) in [5, 5.41) is 7.03. The van der Waals surface area contributed by atoms with E-state index in [0.29, 0.717) is 18.4 Å². The molecule has 3 aromatic rings. The van der Waals surface area contributed by atoms with Crippen molar-refractivity contribution in [2.45, 2.75) is 19.4 Å². The molecule has 0 amide bonds. The zero-order chi connectivity index (χ0) is 15.8. The molecule has 1 N–H and O–H groups in total. The summed E-state index contributed by atoms with van der Waals surface area (Å²) in [5.74, 6) is 1.99. The van der Waals surface area contributed by atoms with Crippen LogP contribution in [-0.4, -0.2) is 12.4 Å². The van der Waals surface area contributed by atoms with E-state index < -0.39 is 0 Å². The molecule has 23 heavy (non-hydrogen) atoms. The van der Waals surface area contributed by atoms with Crippen molar-refractivity contribution >= 4 is 38.7 Å². The third-order valence-corrected chi connectivity index (χ3v) is 5.89. The van der Waals surface area contributed by atoms with Gasteiger partial charge in [0, 0.05) is 35.5 Å². The Hall–Kier alpha value is -1.71. The van der Waals surface area contributed by atoms with Gasteiger partial charge < -0.3 is 10.1 Å². The number of benzene rings is 2. The molecular formula is C19H18ClNOS. The van der Waals surface area contributed by atoms with Gasteiger partial charge in [-0.2, -0.15) is 0 Å². The minimum atomic E-state index is 0.380. The molecule has 1 aromatic heterocycles. The van der Waals surface area contributed by atoms with E-state index in [9.17, 15) is 0 Å². The lowest BCUT2D eigenvalue weighted by Crippen LogP contribution is -2.03. The first-order valence-electron chi connectivity index (χ1n) is 7.79. The molecule has 0 bridgehead atoms. The van der Waals surface area contributed by atoms with E-state index in [1.165, 1.54) is 32.5 Å². The SMILES string of the molecule is Cc1csc2c(OCc3ccccc3)cc3c(c12)C(CCl)CN3. The summed E-state index contributed by atoms with van der Waals surface area (Å²) in [6, 6.07) is 12.4. The van der Waals surface area contributed by atoms with Crippen LogP contribution in [0.15, 0.2) is 41.8 Å². The first-order valence-corrected chi connectivity index (χ1v) is 9.20. The number of alkyl halides is 1. The molecule has 2 aromatic carbocycles. The number of thiophene rings is 1. The Balaban J connectivity index is 1.75. The van der Waals surface area contributed by atoms with Crippen LogP contribution in [0.1, 0.15) is 22.6 Å². The maximum atomic E-state index is 6.17. The number of nitrogens with one attached hydrogen (secondary N) is 1. The fourth-order valence-corrected chi connectivity index (χ4v) is 4.55. The third-order valence-electron chi connectivity index (χ3n) is 4.40. The largest absolute Gasteiger partial charge is 0.487 e. The Bertz CT molecular complexity index is 843. The molecule has 1 aliphatic heterocycles. The van der Waals surface area contributed by atoms with E-state index in [-0.39, 0.29) is 0 Å². The van der Waals surface area contributed by atoms with Crippen LogP contribution in [0.25, 0.3) is 10.1 Å². The van der Waals surface area contributed by atoms with Gasteiger partial charge in [-0.3, -0.25) is 0 Å². The average molecular weight is 344 g/mol. The molecule has 0 spiro atoms. The number of anilines is 1. The lowest BCUT2D eigenvalue weighted by Gasteiger charge is -2.13. The molecule has 2 nitrogen and oxygen atoms in total. The average Bonchev–Trinajstić information content (AvgIpc) is 3.17. The second-order valence-corrected chi connectivity index (χ2v) is 7.15. The predicted octanol–water partition coefficient (Wildman–Crippen LogP) is 5.54. The first kappa shape index (κ1) is 14.9. The van der Waals surface area contributed by atoms with Crippen LogP contribution < -0.4 is 10.1 Å². The van der Waals surface area contributed by atoms with Crippen LogP contribution in [-0.2, 0) is 6.61 Å². The molecule has 1 aliphatic rings. The van der Waals surface area contributed by atoms with Crippen molar-refractivity contribution in [3.05, 3.63) is 58.5 Å². The molecular weight excluding hydrogens is 326 g/mol. The van der Waals surface area contributed by atoms with Crippen LogP contribution in [0.4, 0.5) is 5.69 Å². The van der Waals surface area contributed by atoms with Crippen molar-refractivity contribution in [1.29, 1.82) is 0 Å². The molecule has 0 fully saturated rings. The van der Waals surface area contributed by atoms with Crippen molar-refractivity contribution in [3.8, 4) is 5.75 Å². The highest BCUT2D eigenvalue weighted by molar-refractivity contribution is 7.17. The van der Waals surface area contributed by atoms with Gasteiger partial charge in [0.05, 0.1) is 4.70 Å². The highest BCUT2D eigenvalue weighted by Gasteiger charge is 2.27. The number of hydrogen-bond donors (Lipinski definition) is 1. The fourth-order valence-electron chi connectivity index (χ4n) is 3.25. The topological polar surface area (TPSA) is 21.3 Å². The van der Waals surface area contributed by atoms with Gasteiger partial charge in [-0.25, -0.2) is 0 Å². The zero-order valence-corrected chi connectivity index (χ0v) is 14.5. The molecule has 0 aliphatic carbocycles. The number of rotatable bonds is 4. The minimum Gasteiger partial charge on any atom is -0.487 e. The summed E-state index contributed by atoms with van der Waals surface area (Å²) in [6.45, 7) is 3.67. The number of hydrogen-bond acceptors (Lipinski definition) is 3. The van der Waals surface area contributed by atoms with Gasteiger partial charge in [-0.15, -0.1) is 22.9 Å². The molecule has 4 rings (SSSR count). The fraction of sp³-hybridized carbons (Fsp3) is 0.263. The molecule has 1 unspecified atom stereocenters. The van der Waals surface area contributed by atoms with E-state index in [1.54, 1.807) is 11.3 Å². The zero-order valence-electron chi connectivity index (χ0n) is 12.9. The normalized spacial score (nSPS) is 16.3. The van der Waals surface area contributed by atoms with E-state index in [4.69, 9.17) is 16.3 Å². The Labute approximate surface area is 145 Å². The molecule has 4 heteroatoms. The van der Waals surface area contributed by atoms with Gasteiger partial charge in [0.25, 0.3) is 0 Å². The summed E-state index contributed by atoms with van der Waals surface area (Å²) in [4.78, 5) is 0. The highest BCUT2D eigenvalue weighted by Crippen LogP contribution is 2.46. The lowest BCUT2D eigenvalue weighted by atomic mass is 9.97. The maximum Gasteiger partial charge on any atom is 0.139 e. The van der Waals surface area contributed by atoms with Crippen LogP contribution >= 0.6 is 22.9 Å². The van der Waals surface area contributed by atoms with E-state index >= 15 is 0 Å². The smallest absolute Gasteiger partial charge is 0.139 e. The third kappa shape index (κ3) is 2.58. The number of halogens is 1. The van der Waals surface area contributed by atoms with Gasteiger partial charge in [0.1, 0.15) is 12.4 Å². The van der Waals surface area contributed by atoms with Crippen LogP contribution in [0.2, 0.25) is 0 Å². The van der Waals surface area contributed by atoms with Crippen molar-refractivity contribution in [2.24, 2.45) is 0 Å². The Kier molecular flexibility index (Phi) is 3.92. The molecule has 0 saturated carbocycles. The molecule has 2 heterocycles.